The lowest BCUT2D eigenvalue weighted by molar-refractivity contribution is -0.134. The summed E-state index contributed by atoms with van der Waals surface area (Å²) in [6.07, 6.45) is 10.4. The fourth-order valence-corrected chi connectivity index (χ4v) is 2.94. The van der Waals surface area contributed by atoms with Crippen LogP contribution in [0.2, 0.25) is 0 Å². The van der Waals surface area contributed by atoms with Crippen molar-refractivity contribution >= 4 is 11.8 Å². The minimum Gasteiger partial charge on any atom is -0.306 e. The molecule has 1 saturated heterocycles. The molecular formula is C14H24N2O2. The van der Waals surface area contributed by atoms with Gasteiger partial charge in [-0.3, -0.25) is 14.9 Å². The van der Waals surface area contributed by atoms with Crippen molar-refractivity contribution in [1.82, 2.24) is 10.6 Å². The van der Waals surface area contributed by atoms with Gasteiger partial charge in [0.2, 0.25) is 11.8 Å². The van der Waals surface area contributed by atoms with E-state index in [4.69, 9.17) is 0 Å². The van der Waals surface area contributed by atoms with Crippen LogP contribution in [0.3, 0.4) is 0 Å². The minimum absolute atomic E-state index is 0.135. The Morgan fingerprint density at radius 3 is 2.33 bits per heavy atom. The van der Waals surface area contributed by atoms with E-state index < -0.39 is 0 Å². The summed E-state index contributed by atoms with van der Waals surface area (Å²) in [6.45, 7) is 0.923. The summed E-state index contributed by atoms with van der Waals surface area (Å²) in [5, 5.41) is 5.74. The lowest BCUT2D eigenvalue weighted by Gasteiger charge is -2.25. The second-order valence-electron chi connectivity index (χ2n) is 5.62. The molecule has 2 N–H and O–H groups in total. The molecule has 2 amide bonds. The van der Waals surface area contributed by atoms with E-state index in [9.17, 15) is 9.59 Å². The summed E-state index contributed by atoms with van der Waals surface area (Å²) in [4.78, 5) is 22.7. The molecule has 4 heteroatoms. The van der Waals surface area contributed by atoms with E-state index in [1.807, 2.05) is 0 Å². The number of rotatable bonds is 3. The average molecular weight is 252 g/mol. The maximum Gasteiger partial charge on any atom is 0.243 e. The molecule has 4 nitrogen and oxygen atoms in total. The second kappa shape index (κ2) is 6.88. The van der Waals surface area contributed by atoms with Crippen LogP contribution in [0.15, 0.2) is 0 Å². The first-order valence-corrected chi connectivity index (χ1v) is 7.33. The predicted octanol–water partition coefficient (Wildman–Crippen LogP) is 1.74. The van der Waals surface area contributed by atoms with Crippen molar-refractivity contribution in [3.05, 3.63) is 0 Å². The Balaban J connectivity index is 1.72. The Labute approximate surface area is 109 Å². The smallest absolute Gasteiger partial charge is 0.243 e. The van der Waals surface area contributed by atoms with Gasteiger partial charge in [-0.1, -0.05) is 32.1 Å². The van der Waals surface area contributed by atoms with Crippen molar-refractivity contribution in [2.45, 2.75) is 63.8 Å². The number of carbonyl (C=O) groups is 2. The Morgan fingerprint density at radius 1 is 1.00 bits per heavy atom. The highest BCUT2D eigenvalue weighted by molar-refractivity contribution is 6.00. The fraction of sp³-hybridized carbons (Fsp3) is 0.857. The molecule has 1 atom stereocenters. The van der Waals surface area contributed by atoms with Gasteiger partial charge in [-0.05, 0) is 31.7 Å². The van der Waals surface area contributed by atoms with Crippen LogP contribution in [0.25, 0.3) is 0 Å². The molecule has 1 aliphatic heterocycles. The van der Waals surface area contributed by atoms with Crippen molar-refractivity contribution in [1.29, 1.82) is 0 Å². The number of hydrogen-bond acceptors (Lipinski definition) is 3. The quantitative estimate of drug-likeness (QED) is 0.752. The molecule has 1 heterocycles. The molecular weight excluding hydrogens is 228 g/mol. The van der Waals surface area contributed by atoms with Gasteiger partial charge in [-0.25, -0.2) is 0 Å². The number of amides is 2. The van der Waals surface area contributed by atoms with Crippen LogP contribution in [0, 0.1) is 5.92 Å². The predicted molar refractivity (Wildman–Crippen MR) is 70.0 cm³/mol. The molecule has 2 rings (SSSR count). The summed E-state index contributed by atoms with van der Waals surface area (Å²) in [7, 11) is 0. The second-order valence-corrected chi connectivity index (χ2v) is 5.62. The van der Waals surface area contributed by atoms with Crippen molar-refractivity contribution in [3.8, 4) is 0 Å². The third-order valence-corrected chi connectivity index (χ3v) is 4.12. The normalized spacial score (nSPS) is 27.4. The minimum atomic E-state index is -0.159. The average Bonchev–Trinajstić information content (AvgIpc) is 2.29. The maximum absolute atomic E-state index is 11.6. The van der Waals surface area contributed by atoms with Gasteiger partial charge in [0.15, 0.2) is 0 Å². The summed E-state index contributed by atoms with van der Waals surface area (Å²) in [6, 6.07) is -0.159. The van der Waals surface area contributed by atoms with E-state index in [0.29, 0.717) is 18.8 Å². The van der Waals surface area contributed by atoms with Gasteiger partial charge in [-0.15, -0.1) is 0 Å². The topological polar surface area (TPSA) is 58.2 Å². The van der Waals surface area contributed by atoms with Crippen molar-refractivity contribution < 1.29 is 9.59 Å². The van der Waals surface area contributed by atoms with Crippen LogP contribution in [0.1, 0.15) is 57.8 Å². The molecule has 2 fully saturated rings. The summed E-state index contributed by atoms with van der Waals surface area (Å²) < 4.78 is 0. The third kappa shape index (κ3) is 4.09. The van der Waals surface area contributed by atoms with E-state index in [1.54, 1.807) is 0 Å². The summed E-state index contributed by atoms with van der Waals surface area (Å²) in [5.41, 5.74) is 0. The highest BCUT2D eigenvalue weighted by Crippen LogP contribution is 2.22. The first-order chi connectivity index (χ1) is 8.75. The molecule has 0 aromatic heterocycles. The van der Waals surface area contributed by atoms with E-state index >= 15 is 0 Å². The van der Waals surface area contributed by atoms with Crippen LogP contribution in [0.4, 0.5) is 0 Å². The van der Waals surface area contributed by atoms with Crippen LogP contribution >= 0.6 is 0 Å². The van der Waals surface area contributed by atoms with Gasteiger partial charge in [-0.2, -0.15) is 0 Å². The molecule has 1 aliphatic carbocycles. The maximum atomic E-state index is 11.6. The lowest BCUT2D eigenvalue weighted by atomic mass is 9.91. The van der Waals surface area contributed by atoms with Gasteiger partial charge in [0, 0.05) is 6.42 Å². The van der Waals surface area contributed by atoms with E-state index in [-0.39, 0.29) is 17.9 Å². The highest BCUT2D eigenvalue weighted by atomic mass is 16.2. The molecule has 1 saturated carbocycles. The van der Waals surface area contributed by atoms with Crippen molar-refractivity contribution in [3.63, 3.8) is 0 Å². The molecule has 2 aliphatic rings. The Hall–Kier alpha value is -0.900. The molecule has 0 spiro atoms. The Bertz CT molecular complexity index is 296. The van der Waals surface area contributed by atoms with Crippen LogP contribution in [-0.4, -0.2) is 24.4 Å². The van der Waals surface area contributed by atoms with Gasteiger partial charge < -0.3 is 5.32 Å². The summed E-state index contributed by atoms with van der Waals surface area (Å²) >= 11 is 0. The SMILES string of the molecule is O=C1CCC(NCC2CCCCCCC2)C(=O)N1. The highest BCUT2D eigenvalue weighted by Gasteiger charge is 2.26. The summed E-state index contributed by atoms with van der Waals surface area (Å²) in [5.74, 6) is 0.428. The number of hydrogen-bond donors (Lipinski definition) is 2. The zero-order valence-corrected chi connectivity index (χ0v) is 11.0. The van der Waals surface area contributed by atoms with Crippen molar-refractivity contribution in [2.24, 2.45) is 5.92 Å². The van der Waals surface area contributed by atoms with Gasteiger partial charge in [0.1, 0.15) is 0 Å². The van der Waals surface area contributed by atoms with Gasteiger partial charge >= 0.3 is 0 Å². The molecule has 0 radical (unpaired) electrons. The van der Waals surface area contributed by atoms with E-state index in [0.717, 1.165) is 6.54 Å². The standard InChI is InChI=1S/C14H24N2O2/c17-13-9-8-12(14(18)16-13)15-10-11-6-4-2-1-3-5-7-11/h11-12,15H,1-10H2,(H,16,17,18). The van der Waals surface area contributed by atoms with Crippen LogP contribution in [0.5, 0.6) is 0 Å². The molecule has 0 aromatic carbocycles. The first-order valence-electron chi connectivity index (χ1n) is 7.33. The Morgan fingerprint density at radius 2 is 1.67 bits per heavy atom. The van der Waals surface area contributed by atoms with Crippen LogP contribution in [-0.2, 0) is 9.59 Å². The number of carbonyl (C=O) groups excluding carboxylic acids is 2. The number of piperidine rings is 1. The first kappa shape index (κ1) is 13.5. The molecule has 0 bridgehead atoms. The number of nitrogens with one attached hydrogen (secondary N) is 2. The molecule has 0 aromatic rings. The van der Waals surface area contributed by atoms with Gasteiger partial charge in [0.25, 0.3) is 0 Å². The largest absolute Gasteiger partial charge is 0.306 e. The molecule has 18 heavy (non-hydrogen) atoms. The van der Waals surface area contributed by atoms with E-state index in [1.165, 1.54) is 44.9 Å². The molecule has 102 valence electrons. The van der Waals surface area contributed by atoms with Crippen LogP contribution < -0.4 is 10.6 Å². The zero-order valence-electron chi connectivity index (χ0n) is 11.0. The van der Waals surface area contributed by atoms with Crippen molar-refractivity contribution in [2.75, 3.05) is 6.54 Å². The third-order valence-electron chi connectivity index (χ3n) is 4.12. The zero-order chi connectivity index (χ0) is 12.8. The Kier molecular flexibility index (Phi) is 5.17. The number of imide groups is 1. The van der Waals surface area contributed by atoms with E-state index in [2.05, 4.69) is 10.6 Å². The molecule has 1 unspecified atom stereocenters. The lowest BCUT2D eigenvalue weighted by Crippen LogP contribution is -2.51. The van der Waals surface area contributed by atoms with Gasteiger partial charge in [0.05, 0.1) is 6.04 Å². The fourth-order valence-electron chi connectivity index (χ4n) is 2.94. The monoisotopic (exact) mass is 252 g/mol.